The van der Waals surface area contributed by atoms with Crippen LogP contribution in [0.15, 0.2) is 51.8 Å². The molecule has 0 aliphatic carbocycles. The Balaban J connectivity index is 1.52. The molecule has 4 heterocycles. The van der Waals surface area contributed by atoms with Crippen molar-refractivity contribution in [2.75, 3.05) is 26.2 Å². The van der Waals surface area contributed by atoms with E-state index in [1.54, 1.807) is 45.8 Å². The van der Waals surface area contributed by atoms with Gasteiger partial charge in [0.15, 0.2) is 5.76 Å². The van der Waals surface area contributed by atoms with Crippen LogP contribution < -0.4 is 0 Å². The Morgan fingerprint density at radius 2 is 1.68 bits per heavy atom. The number of carbonyl (C=O) groups excluding carboxylic acids is 2. The summed E-state index contributed by atoms with van der Waals surface area (Å²) in [4.78, 5) is 28.7. The van der Waals surface area contributed by atoms with E-state index in [0.29, 0.717) is 37.8 Å². The number of nitrogens with zero attached hydrogens (tertiary/aromatic N) is 4. The second kappa shape index (κ2) is 7.12. The number of rotatable bonds is 3. The third-order valence-electron chi connectivity index (χ3n) is 4.82. The van der Waals surface area contributed by atoms with E-state index in [1.165, 1.54) is 6.26 Å². The Labute approximate surface area is 161 Å². The number of hydrogen-bond acceptors (Lipinski definition) is 5. The summed E-state index contributed by atoms with van der Waals surface area (Å²) in [5.74, 6) is 0.568. The summed E-state index contributed by atoms with van der Waals surface area (Å²) in [5.41, 5.74) is 0.491. The molecule has 142 valence electrons. The summed E-state index contributed by atoms with van der Waals surface area (Å²) >= 11 is 0. The van der Waals surface area contributed by atoms with E-state index in [-0.39, 0.29) is 28.7 Å². The molecule has 0 atom stereocenters. The van der Waals surface area contributed by atoms with E-state index in [4.69, 9.17) is 8.83 Å². The summed E-state index contributed by atoms with van der Waals surface area (Å²) < 4.78 is 12.5. The Bertz CT molecular complexity index is 1030. The van der Waals surface area contributed by atoms with E-state index in [9.17, 15) is 14.9 Å². The molecule has 0 unspecified atom stereocenters. The van der Waals surface area contributed by atoms with Gasteiger partial charge in [0.2, 0.25) is 5.88 Å². The van der Waals surface area contributed by atoms with Crippen molar-refractivity contribution in [2.45, 2.75) is 6.92 Å². The lowest BCUT2D eigenvalue weighted by Gasteiger charge is -2.34. The summed E-state index contributed by atoms with van der Waals surface area (Å²) in [5, 5.41) is 9.62. The molecule has 1 aliphatic heterocycles. The average Bonchev–Trinajstić information content (AvgIpc) is 3.47. The molecule has 1 aliphatic rings. The molecule has 0 spiro atoms. The average molecular weight is 378 g/mol. The third-order valence-corrected chi connectivity index (χ3v) is 4.82. The van der Waals surface area contributed by atoms with Crippen molar-refractivity contribution in [1.82, 2.24) is 14.4 Å². The monoisotopic (exact) mass is 378 g/mol. The Morgan fingerprint density at radius 3 is 2.25 bits per heavy atom. The fraction of sp³-hybridized carbons (Fsp3) is 0.250. The number of nitriles is 1. The Morgan fingerprint density at radius 1 is 1.04 bits per heavy atom. The number of piperazine rings is 1. The maximum atomic E-state index is 13.1. The van der Waals surface area contributed by atoms with Crippen LogP contribution in [0.4, 0.5) is 0 Å². The zero-order chi connectivity index (χ0) is 19.7. The first-order valence-corrected chi connectivity index (χ1v) is 8.89. The van der Waals surface area contributed by atoms with E-state index in [1.807, 2.05) is 12.1 Å². The molecule has 0 N–H and O–H groups in total. The van der Waals surface area contributed by atoms with Crippen LogP contribution in [-0.2, 0) is 0 Å². The number of aromatic nitrogens is 1. The molecular weight excluding hydrogens is 360 g/mol. The standard InChI is InChI=1S/C20H18N4O4/c1-14-17(15(13-21)20(28-14)24-6-2-3-7-24)19(26)23-10-8-22(9-11-23)18(25)16-5-4-12-27-16/h2-7,12H,8-11H2,1H3. The van der Waals surface area contributed by atoms with Crippen LogP contribution in [0.3, 0.4) is 0 Å². The van der Waals surface area contributed by atoms with Crippen molar-refractivity contribution < 1.29 is 18.4 Å². The smallest absolute Gasteiger partial charge is 0.289 e. The van der Waals surface area contributed by atoms with Crippen LogP contribution in [0.5, 0.6) is 0 Å². The first-order chi connectivity index (χ1) is 13.6. The van der Waals surface area contributed by atoms with Gasteiger partial charge in [-0.1, -0.05) is 0 Å². The highest BCUT2D eigenvalue weighted by Crippen LogP contribution is 2.27. The SMILES string of the molecule is Cc1oc(-n2cccc2)c(C#N)c1C(=O)N1CCN(C(=O)c2ccco2)CC1. The molecule has 0 saturated carbocycles. The van der Waals surface area contributed by atoms with Crippen LogP contribution in [0, 0.1) is 18.3 Å². The highest BCUT2D eigenvalue weighted by Gasteiger charge is 2.31. The molecule has 3 aromatic heterocycles. The van der Waals surface area contributed by atoms with Crippen molar-refractivity contribution in [3.05, 3.63) is 65.6 Å². The van der Waals surface area contributed by atoms with E-state index >= 15 is 0 Å². The van der Waals surface area contributed by atoms with Gasteiger partial charge in [0, 0.05) is 38.6 Å². The second-order valence-electron chi connectivity index (χ2n) is 6.48. The summed E-state index contributed by atoms with van der Waals surface area (Å²) in [6.07, 6.45) is 4.97. The van der Waals surface area contributed by atoms with Gasteiger partial charge in [-0.3, -0.25) is 14.2 Å². The predicted octanol–water partition coefficient (Wildman–Crippen LogP) is 2.44. The van der Waals surface area contributed by atoms with Crippen LogP contribution >= 0.6 is 0 Å². The van der Waals surface area contributed by atoms with Gasteiger partial charge >= 0.3 is 0 Å². The molecular formula is C20H18N4O4. The fourth-order valence-corrected chi connectivity index (χ4v) is 3.37. The van der Waals surface area contributed by atoms with Crippen LogP contribution in [0.25, 0.3) is 5.88 Å². The van der Waals surface area contributed by atoms with Gasteiger partial charge in [-0.15, -0.1) is 0 Å². The molecule has 0 bridgehead atoms. The molecule has 4 rings (SSSR count). The molecule has 8 nitrogen and oxygen atoms in total. The number of carbonyl (C=O) groups is 2. The number of aryl methyl sites for hydroxylation is 1. The van der Waals surface area contributed by atoms with Crippen molar-refractivity contribution in [1.29, 1.82) is 5.26 Å². The lowest BCUT2D eigenvalue weighted by Crippen LogP contribution is -2.50. The molecule has 0 radical (unpaired) electrons. The van der Waals surface area contributed by atoms with Gasteiger partial charge in [0.1, 0.15) is 23.0 Å². The van der Waals surface area contributed by atoms with E-state index in [0.717, 1.165) is 0 Å². The van der Waals surface area contributed by atoms with Gasteiger partial charge in [0.25, 0.3) is 11.8 Å². The lowest BCUT2D eigenvalue weighted by atomic mass is 10.1. The van der Waals surface area contributed by atoms with Crippen molar-refractivity contribution in [3.63, 3.8) is 0 Å². The number of amides is 2. The fourth-order valence-electron chi connectivity index (χ4n) is 3.37. The maximum Gasteiger partial charge on any atom is 0.289 e. The lowest BCUT2D eigenvalue weighted by molar-refractivity contribution is 0.0517. The minimum absolute atomic E-state index is 0.191. The zero-order valence-corrected chi connectivity index (χ0v) is 15.3. The molecule has 1 saturated heterocycles. The first-order valence-electron chi connectivity index (χ1n) is 8.89. The van der Waals surface area contributed by atoms with Gasteiger partial charge in [0.05, 0.1) is 6.26 Å². The minimum atomic E-state index is -0.263. The van der Waals surface area contributed by atoms with Crippen LogP contribution in [0.2, 0.25) is 0 Å². The predicted molar refractivity (Wildman–Crippen MR) is 98.0 cm³/mol. The van der Waals surface area contributed by atoms with Gasteiger partial charge < -0.3 is 18.6 Å². The Kier molecular flexibility index (Phi) is 4.49. The van der Waals surface area contributed by atoms with E-state index in [2.05, 4.69) is 6.07 Å². The first kappa shape index (κ1) is 17.7. The van der Waals surface area contributed by atoms with Crippen molar-refractivity contribution >= 4 is 11.8 Å². The van der Waals surface area contributed by atoms with Crippen LogP contribution in [-0.4, -0.2) is 52.4 Å². The Hall–Kier alpha value is -3.73. The quantitative estimate of drug-likeness (QED) is 0.697. The second-order valence-corrected chi connectivity index (χ2v) is 6.48. The normalized spacial score (nSPS) is 14.1. The van der Waals surface area contributed by atoms with Crippen molar-refractivity contribution in [3.8, 4) is 12.0 Å². The molecule has 1 fully saturated rings. The largest absolute Gasteiger partial charge is 0.459 e. The molecule has 8 heteroatoms. The molecule has 28 heavy (non-hydrogen) atoms. The highest BCUT2D eigenvalue weighted by atomic mass is 16.4. The topological polar surface area (TPSA) is 95.6 Å². The molecule has 0 aromatic carbocycles. The van der Waals surface area contributed by atoms with E-state index < -0.39 is 0 Å². The summed E-state index contributed by atoms with van der Waals surface area (Å²) in [7, 11) is 0. The summed E-state index contributed by atoms with van der Waals surface area (Å²) in [6.45, 7) is 3.22. The summed E-state index contributed by atoms with van der Waals surface area (Å²) in [6, 6.07) is 9.02. The third kappa shape index (κ3) is 2.97. The molecule has 2 amide bonds. The van der Waals surface area contributed by atoms with Crippen LogP contribution in [0.1, 0.15) is 32.2 Å². The van der Waals surface area contributed by atoms with Crippen molar-refractivity contribution in [2.24, 2.45) is 0 Å². The number of hydrogen-bond donors (Lipinski definition) is 0. The van der Waals surface area contributed by atoms with Gasteiger partial charge in [-0.25, -0.2) is 0 Å². The molecule has 3 aromatic rings. The minimum Gasteiger partial charge on any atom is -0.459 e. The maximum absolute atomic E-state index is 13.1. The zero-order valence-electron chi connectivity index (χ0n) is 15.3. The van der Waals surface area contributed by atoms with Gasteiger partial charge in [-0.2, -0.15) is 5.26 Å². The highest BCUT2D eigenvalue weighted by molar-refractivity contribution is 5.99. The number of furan rings is 2. The van der Waals surface area contributed by atoms with Gasteiger partial charge in [-0.05, 0) is 31.2 Å².